The standard InChI is InChI=1S/C4H9NO2/c1-4(7,2-5)3-6/h3,7H,2,5H2,1H3. The second kappa shape index (κ2) is 2.04. The van der Waals surface area contributed by atoms with Crippen LogP contribution in [0, 0.1) is 0 Å². The van der Waals surface area contributed by atoms with Crippen molar-refractivity contribution < 1.29 is 9.90 Å². The zero-order valence-corrected chi connectivity index (χ0v) is 4.22. The second-order valence-electron chi connectivity index (χ2n) is 1.68. The first kappa shape index (κ1) is 6.59. The third-order valence-corrected chi connectivity index (χ3v) is 0.667. The lowest BCUT2D eigenvalue weighted by molar-refractivity contribution is -0.121. The van der Waals surface area contributed by atoms with E-state index in [2.05, 4.69) is 0 Å². The highest BCUT2D eigenvalue weighted by Crippen LogP contribution is 1.91. The Morgan fingerprint density at radius 1 is 2.00 bits per heavy atom. The summed E-state index contributed by atoms with van der Waals surface area (Å²) in [5.41, 5.74) is 3.62. The maximum atomic E-state index is 9.73. The molecule has 0 spiro atoms. The summed E-state index contributed by atoms with van der Waals surface area (Å²) in [4.78, 5) is 9.73. The number of nitrogens with two attached hydrogens (primary N) is 1. The predicted octanol–water partition coefficient (Wildman–Crippen LogP) is -1.11. The van der Waals surface area contributed by atoms with Crippen molar-refractivity contribution in [2.45, 2.75) is 12.5 Å². The minimum absolute atomic E-state index is 0.0174. The third kappa shape index (κ3) is 2.31. The number of aliphatic hydroxyl groups is 1. The van der Waals surface area contributed by atoms with Gasteiger partial charge in [-0.05, 0) is 6.92 Å². The lowest BCUT2D eigenvalue weighted by Crippen LogP contribution is -2.35. The number of hydrogen-bond acceptors (Lipinski definition) is 3. The molecule has 3 N–H and O–H groups in total. The molecule has 0 amide bonds. The van der Waals surface area contributed by atoms with Gasteiger partial charge in [-0.25, -0.2) is 0 Å². The summed E-state index contributed by atoms with van der Waals surface area (Å²) in [5.74, 6) is 0. The summed E-state index contributed by atoms with van der Waals surface area (Å²) < 4.78 is 0. The molecular formula is C4H9NO2. The molecule has 3 heteroatoms. The van der Waals surface area contributed by atoms with Gasteiger partial charge in [-0.1, -0.05) is 0 Å². The molecule has 1 unspecified atom stereocenters. The van der Waals surface area contributed by atoms with Gasteiger partial charge in [0.05, 0.1) is 0 Å². The quantitative estimate of drug-likeness (QED) is 0.436. The topological polar surface area (TPSA) is 63.3 Å². The van der Waals surface area contributed by atoms with Crippen molar-refractivity contribution in [2.75, 3.05) is 6.54 Å². The maximum Gasteiger partial charge on any atom is 0.152 e. The molecule has 0 rings (SSSR count). The van der Waals surface area contributed by atoms with Crippen LogP contribution in [-0.4, -0.2) is 23.5 Å². The third-order valence-electron chi connectivity index (χ3n) is 0.667. The van der Waals surface area contributed by atoms with Crippen LogP contribution in [0.15, 0.2) is 0 Å². The summed E-state index contributed by atoms with van der Waals surface area (Å²) >= 11 is 0. The van der Waals surface area contributed by atoms with E-state index in [-0.39, 0.29) is 6.54 Å². The average molecular weight is 103 g/mol. The van der Waals surface area contributed by atoms with Crippen LogP contribution in [0.3, 0.4) is 0 Å². The van der Waals surface area contributed by atoms with Crippen molar-refractivity contribution >= 4 is 6.29 Å². The largest absolute Gasteiger partial charge is 0.381 e. The summed E-state index contributed by atoms with van der Waals surface area (Å²) in [7, 11) is 0. The molecule has 0 aromatic heterocycles. The van der Waals surface area contributed by atoms with Crippen LogP contribution in [0.1, 0.15) is 6.92 Å². The van der Waals surface area contributed by atoms with Gasteiger partial charge in [0, 0.05) is 6.54 Å². The van der Waals surface area contributed by atoms with Gasteiger partial charge in [0.1, 0.15) is 5.60 Å². The Kier molecular flexibility index (Phi) is 1.92. The lowest BCUT2D eigenvalue weighted by atomic mass is 10.1. The Labute approximate surface area is 42.1 Å². The van der Waals surface area contributed by atoms with E-state index in [0.717, 1.165) is 0 Å². The monoisotopic (exact) mass is 103 g/mol. The van der Waals surface area contributed by atoms with Crippen molar-refractivity contribution in [3.8, 4) is 0 Å². The van der Waals surface area contributed by atoms with Crippen molar-refractivity contribution in [1.82, 2.24) is 0 Å². The van der Waals surface area contributed by atoms with Crippen LogP contribution in [0.4, 0.5) is 0 Å². The van der Waals surface area contributed by atoms with Crippen molar-refractivity contribution in [3.63, 3.8) is 0 Å². The first-order valence-corrected chi connectivity index (χ1v) is 2.01. The van der Waals surface area contributed by atoms with Crippen molar-refractivity contribution in [3.05, 3.63) is 0 Å². The normalized spacial score (nSPS) is 18.1. The number of hydrogen-bond donors (Lipinski definition) is 2. The smallest absolute Gasteiger partial charge is 0.152 e. The summed E-state index contributed by atoms with van der Waals surface area (Å²) in [5, 5.41) is 8.64. The SMILES string of the molecule is CC(O)(C=O)CN. The fourth-order valence-corrected chi connectivity index (χ4v) is 0.0481. The van der Waals surface area contributed by atoms with E-state index >= 15 is 0 Å². The molecular weight excluding hydrogens is 94.0 g/mol. The Balaban J connectivity index is 3.58. The van der Waals surface area contributed by atoms with Crippen molar-refractivity contribution in [1.29, 1.82) is 0 Å². The van der Waals surface area contributed by atoms with Gasteiger partial charge in [0.15, 0.2) is 6.29 Å². The zero-order valence-electron chi connectivity index (χ0n) is 4.22. The molecule has 0 fully saturated rings. The van der Waals surface area contributed by atoms with E-state index in [1.807, 2.05) is 0 Å². The van der Waals surface area contributed by atoms with Gasteiger partial charge < -0.3 is 15.6 Å². The summed E-state index contributed by atoms with van der Waals surface area (Å²) in [6.07, 6.45) is 0.424. The number of carbonyl (C=O) groups excluding carboxylic acids is 1. The van der Waals surface area contributed by atoms with Gasteiger partial charge >= 0.3 is 0 Å². The van der Waals surface area contributed by atoms with E-state index in [1.54, 1.807) is 0 Å². The van der Waals surface area contributed by atoms with Crippen LogP contribution in [0.5, 0.6) is 0 Å². The molecule has 1 atom stereocenters. The van der Waals surface area contributed by atoms with E-state index < -0.39 is 5.60 Å². The van der Waals surface area contributed by atoms with E-state index in [9.17, 15) is 4.79 Å². The number of rotatable bonds is 2. The highest BCUT2D eigenvalue weighted by molar-refractivity contribution is 5.61. The maximum absolute atomic E-state index is 9.73. The van der Waals surface area contributed by atoms with Gasteiger partial charge in [-0.15, -0.1) is 0 Å². The molecule has 0 aliphatic carbocycles. The van der Waals surface area contributed by atoms with Gasteiger partial charge in [-0.3, -0.25) is 0 Å². The number of carbonyl (C=O) groups is 1. The van der Waals surface area contributed by atoms with Crippen LogP contribution in [0.2, 0.25) is 0 Å². The Bertz CT molecular complexity index is 70.1. The Morgan fingerprint density at radius 3 is 2.43 bits per heavy atom. The molecule has 0 saturated heterocycles. The first-order chi connectivity index (χ1) is 3.12. The summed E-state index contributed by atoms with van der Waals surface area (Å²) in [6.45, 7) is 1.34. The molecule has 0 saturated carbocycles. The van der Waals surface area contributed by atoms with E-state index in [1.165, 1.54) is 6.92 Å². The Hall–Kier alpha value is -0.410. The van der Waals surface area contributed by atoms with Gasteiger partial charge in [0.25, 0.3) is 0 Å². The zero-order chi connectivity index (χ0) is 5.91. The highest BCUT2D eigenvalue weighted by Gasteiger charge is 2.14. The molecule has 42 valence electrons. The second-order valence-corrected chi connectivity index (χ2v) is 1.68. The predicted molar refractivity (Wildman–Crippen MR) is 25.7 cm³/mol. The molecule has 0 aromatic rings. The van der Waals surface area contributed by atoms with Gasteiger partial charge in [-0.2, -0.15) is 0 Å². The minimum atomic E-state index is -1.32. The molecule has 0 aromatic carbocycles. The summed E-state index contributed by atoms with van der Waals surface area (Å²) in [6, 6.07) is 0. The molecule has 0 aliphatic heterocycles. The molecule has 0 heterocycles. The fourth-order valence-electron chi connectivity index (χ4n) is 0.0481. The molecule has 0 bridgehead atoms. The van der Waals surface area contributed by atoms with Crippen LogP contribution < -0.4 is 5.73 Å². The van der Waals surface area contributed by atoms with Crippen LogP contribution in [0.25, 0.3) is 0 Å². The first-order valence-electron chi connectivity index (χ1n) is 2.01. The van der Waals surface area contributed by atoms with Crippen LogP contribution in [-0.2, 0) is 4.79 Å². The van der Waals surface area contributed by atoms with Crippen LogP contribution >= 0.6 is 0 Å². The minimum Gasteiger partial charge on any atom is -0.381 e. The lowest BCUT2D eigenvalue weighted by Gasteiger charge is -2.09. The molecule has 7 heavy (non-hydrogen) atoms. The Morgan fingerprint density at radius 2 is 2.43 bits per heavy atom. The van der Waals surface area contributed by atoms with E-state index in [0.29, 0.717) is 6.29 Å². The molecule has 0 aliphatic rings. The molecule has 3 nitrogen and oxygen atoms in total. The van der Waals surface area contributed by atoms with Gasteiger partial charge in [0.2, 0.25) is 0 Å². The number of aldehydes is 1. The highest BCUT2D eigenvalue weighted by atomic mass is 16.3. The van der Waals surface area contributed by atoms with Crippen molar-refractivity contribution in [2.24, 2.45) is 5.73 Å². The fraction of sp³-hybridized carbons (Fsp3) is 0.750. The molecule has 0 radical (unpaired) electrons. The average Bonchev–Trinajstić information content (AvgIpc) is 1.68. The van der Waals surface area contributed by atoms with E-state index in [4.69, 9.17) is 10.8 Å².